The maximum Gasteiger partial charge on any atom is 0.243 e. The summed E-state index contributed by atoms with van der Waals surface area (Å²) in [7, 11) is 1.96. The van der Waals surface area contributed by atoms with Gasteiger partial charge in [-0.15, -0.1) is 21.5 Å². The Morgan fingerprint density at radius 3 is 2.97 bits per heavy atom. The Labute approximate surface area is 180 Å². The standard InChI is InChI=1S/C21H28N6O2S/c1-25-13-23-24-18(25)12-26-10-14-8-15(11-26)20(27-17(14)5-2-6-19(27)28)21(29)22-9-16-4-3-7-30-16/h3-4,7,13-15,17,20H,2,5-6,8-12H2,1H3,(H,22,29)/t14-,15+,17+,20-/m1/s1. The molecule has 2 aromatic rings. The molecule has 0 aromatic carbocycles. The summed E-state index contributed by atoms with van der Waals surface area (Å²) in [6, 6.07) is 3.82. The van der Waals surface area contributed by atoms with E-state index in [0.717, 1.165) is 49.6 Å². The average Bonchev–Trinajstić information content (AvgIpc) is 3.39. The van der Waals surface area contributed by atoms with Crippen molar-refractivity contribution < 1.29 is 9.59 Å². The molecule has 2 amide bonds. The summed E-state index contributed by atoms with van der Waals surface area (Å²) >= 11 is 1.64. The molecule has 8 nitrogen and oxygen atoms in total. The minimum atomic E-state index is -0.374. The fourth-order valence-electron chi connectivity index (χ4n) is 5.56. The maximum absolute atomic E-state index is 13.3. The van der Waals surface area contributed by atoms with Crippen LogP contribution in [0, 0.1) is 11.8 Å². The zero-order valence-electron chi connectivity index (χ0n) is 17.2. The molecular weight excluding hydrogens is 400 g/mol. The number of piperidine rings is 3. The van der Waals surface area contributed by atoms with Crippen LogP contribution in [0.15, 0.2) is 23.8 Å². The lowest BCUT2D eigenvalue weighted by Crippen LogP contribution is -2.68. The molecule has 0 spiro atoms. The third-order valence-corrected chi connectivity index (χ3v) is 7.75. The molecule has 5 heterocycles. The molecule has 0 aliphatic carbocycles. The van der Waals surface area contributed by atoms with Crippen molar-refractivity contribution in [1.29, 1.82) is 0 Å². The summed E-state index contributed by atoms with van der Waals surface area (Å²) in [5, 5.41) is 13.4. The Kier molecular flexibility index (Phi) is 5.32. The Morgan fingerprint density at radius 2 is 2.20 bits per heavy atom. The molecule has 0 saturated carbocycles. The number of nitrogens with one attached hydrogen (secondary N) is 1. The van der Waals surface area contributed by atoms with Gasteiger partial charge in [0.1, 0.15) is 18.2 Å². The number of aryl methyl sites for hydroxylation is 1. The minimum absolute atomic E-state index is 0.00684. The maximum atomic E-state index is 13.3. The molecular formula is C21H28N6O2S. The number of amides is 2. The minimum Gasteiger partial charge on any atom is -0.349 e. The van der Waals surface area contributed by atoms with Crippen molar-refractivity contribution in [3.8, 4) is 0 Å². The number of carbonyl (C=O) groups excluding carboxylic acids is 2. The van der Waals surface area contributed by atoms with Gasteiger partial charge in [0.15, 0.2) is 0 Å². The van der Waals surface area contributed by atoms with E-state index in [-0.39, 0.29) is 29.8 Å². The highest BCUT2D eigenvalue weighted by Crippen LogP contribution is 2.42. The third kappa shape index (κ3) is 3.65. The molecule has 4 atom stereocenters. The first-order valence-corrected chi connectivity index (χ1v) is 11.6. The first-order chi connectivity index (χ1) is 14.6. The quantitative estimate of drug-likeness (QED) is 0.778. The molecule has 3 aliphatic heterocycles. The van der Waals surface area contributed by atoms with Gasteiger partial charge in [0.25, 0.3) is 0 Å². The van der Waals surface area contributed by atoms with Crippen molar-refractivity contribution in [1.82, 2.24) is 29.9 Å². The van der Waals surface area contributed by atoms with Crippen molar-refractivity contribution in [3.05, 3.63) is 34.5 Å². The lowest BCUT2D eigenvalue weighted by Gasteiger charge is -2.55. The van der Waals surface area contributed by atoms with Crippen molar-refractivity contribution in [3.63, 3.8) is 0 Å². The zero-order chi connectivity index (χ0) is 20.7. The van der Waals surface area contributed by atoms with Gasteiger partial charge in [-0.05, 0) is 36.6 Å². The largest absolute Gasteiger partial charge is 0.349 e. The number of hydrogen-bond donors (Lipinski definition) is 1. The predicted octanol–water partition coefficient (Wildman–Crippen LogP) is 1.39. The average molecular weight is 429 g/mol. The van der Waals surface area contributed by atoms with Gasteiger partial charge in [0, 0.05) is 43.4 Å². The number of likely N-dealkylation sites (tertiary alicyclic amines) is 1. The van der Waals surface area contributed by atoms with Crippen LogP contribution < -0.4 is 5.32 Å². The first-order valence-electron chi connectivity index (χ1n) is 10.8. The van der Waals surface area contributed by atoms with Crippen LogP contribution >= 0.6 is 11.3 Å². The van der Waals surface area contributed by atoms with E-state index in [1.165, 1.54) is 0 Å². The van der Waals surface area contributed by atoms with Crippen LogP contribution in [-0.2, 0) is 29.7 Å². The van der Waals surface area contributed by atoms with Gasteiger partial charge < -0.3 is 14.8 Å². The molecule has 5 rings (SSSR count). The highest BCUT2D eigenvalue weighted by atomic mass is 32.1. The fourth-order valence-corrected chi connectivity index (χ4v) is 6.21. The van der Waals surface area contributed by atoms with Gasteiger partial charge >= 0.3 is 0 Å². The summed E-state index contributed by atoms with van der Waals surface area (Å²) in [4.78, 5) is 31.7. The van der Waals surface area contributed by atoms with Crippen LogP contribution in [0.2, 0.25) is 0 Å². The van der Waals surface area contributed by atoms with Crippen molar-refractivity contribution in [2.24, 2.45) is 18.9 Å². The summed E-state index contributed by atoms with van der Waals surface area (Å²) in [5.41, 5.74) is 0. The predicted molar refractivity (Wildman–Crippen MR) is 112 cm³/mol. The second-order valence-electron chi connectivity index (χ2n) is 8.81. The Morgan fingerprint density at radius 1 is 1.33 bits per heavy atom. The number of hydrogen-bond acceptors (Lipinski definition) is 6. The Hall–Kier alpha value is -2.26. The molecule has 160 valence electrons. The third-order valence-electron chi connectivity index (χ3n) is 6.87. The van der Waals surface area contributed by atoms with Crippen LogP contribution in [-0.4, -0.2) is 61.6 Å². The zero-order valence-corrected chi connectivity index (χ0v) is 18.1. The molecule has 0 radical (unpaired) electrons. The van der Waals surface area contributed by atoms with Crippen LogP contribution in [0.5, 0.6) is 0 Å². The Bertz CT molecular complexity index is 913. The van der Waals surface area contributed by atoms with Gasteiger partial charge in [-0.3, -0.25) is 14.5 Å². The van der Waals surface area contributed by atoms with Crippen LogP contribution in [0.4, 0.5) is 0 Å². The van der Waals surface area contributed by atoms with Crippen LogP contribution in [0.1, 0.15) is 36.4 Å². The molecule has 3 fully saturated rings. The molecule has 30 heavy (non-hydrogen) atoms. The van der Waals surface area contributed by atoms with E-state index in [9.17, 15) is 9.59 Å². The highest BCUT2D eigenvalue weighted by molar-refractivity contribution is 7.09. The number of carbonyl (C=O) groups is 2. The van der Waals surface area contributed by atoms with E-state index in [1.807, 2.05) is 34.0 Å². The second kappa shape index (κ2) is 8.11. The molecule has 9 heteroatoms. The van der Waals surface area contributed by atoms with E-state index < -0.39 is 0 Å². The lowest BCUT2D eigenvalue weighted by molar-refractivity contribution is -0.160. The SMILES string of the molecule is Cn1cnnc1CN1C[C@H]2C[C@@H](C1)[C@H](C(=O)NCc1cccs1)N1C(=O)CCC[C@@H]21. The monoisotopic (exact) mass is 428 g/mol. The van der Waals surface area contributed by atoms with Crippen molar-refractivity contribution >= 4 is 23.2 Å². The van der Waals surface area contributed by atoms with E-state index >= 15 is 0 Å². The number of rotatable bonds is 5. The fraction of sp³-hybridized carbons (Fsp3) is 0.619. The molecule has 1 N–H and O–H groups in total. The topological polar surface area (TPSA) is 83.4 Å². The van der Waals surface area contributed by atoms with Gasteiger partial charge in [-0.1, -0.05) is 6.07 Å². The summed E-state index contributed by atoms with van der Waals surface area (Å²) in [6.07, 6.45) is 5.22. The van der Waals surface area contributed by atoms with Crippen LogP contribution in [0.25, 0.3) is 0 Å². The smallest absolute Gasteiger partial charge is 0.243 e. The van der Waals surface area contributed by atoms with Crippen LogP contribution in [0.3, 0.4) is 0 Å². The first kappa shape index (κ1) is 19.7. The summed E-state index contributed by atoms with van der Waals surface area (Å²) in [5.74, 6) is 1.65. The molecule has 3 aliphatic rings. The number of aromatic nitrogens is 3. The molecule has 3 saturated heterocycles. The number of thiophene rings is 1. The molecule has 0 unspecified atom stereocenters. The van der Waals surface area contributed by atoms with Gasteiger partial charge in [0.05, 0.1) is 13.1 Å². The van der Waals surface area contributed by atoms with E-state index in [1.54, 1.807) is 17.7 Å². The summed E-state index contributed by atoms with van der Waals surface area (Å²) in [6.45, 7) is 3.00. The normalized spacial score (nSPS) is 29.0. The van der Waals surface area contributed by atoms with E-state index in [2.05, 4.69) is 20.4 Å². The van der Waals surface area contributed by atoms with E-state index in [0.29, 0.717) is 18.9 Å². The van der Waals surface area contributed by atoms with Gasteiger partial charge in [-0.2, -0.15) is 0 Å². The molecule has 2 bridgehead atoms. The van der Waals surface area contributed by atoms with Gasteiger partial charge in [-0.25, -0.2) is 0 Å². The summed E-state index contributed by atoms with van der Waals surface area (Å²) < 4.78 is 1.95. The highest BCUT2D eigenvalue weighted by Gasteiger charge is 2.51. The lowest BCUT2D eigenvalue weighted by atomic mass is 9.71. The van der Waals surface area contributed by atoms with Crippen molar-refractivity contribution in [2.75, 3.05) is 13.1 Å². The van der Waals surface area contributed by atoms with E-state index in [4.69, 9.17) is 0 Å². The van der Waals surface area contributed by atoms with Gasteiger partial charge in [0.2, 0.25) is 11.8 Å². The molecule has 2 aromatic heterocycles. The van der Waals surface area contributed by atoms with Crippen molar-refractivity contribution in [2.45, 2.75) is 50.9 Å². The second-order valence-corrected chi connectivity index (χ2v) is 9.84. The Balaban J connectivity index is 1.37. The number of nitrogens with zero attached hydrogens (tertiary/aromatic N) is 5. The number of fused-ring (bicyclic) bond motifs is 4.